The number of furan rings is 1. The van der Waals surface area contributed by atoms with Gasteiger partial charge in [0.05, 0.1) is 5.56 Å². The number of hydrogen-bond donors (Lipinski definition) is 2. The third-order valence-electron chi connectivity index (χ3n) is 3.69. The number of aromatic carboxylic acids is 1. The lowest BCUT2D eigenvalue weighted by molar-refractivity contribution is 0.0695. The summed E-state index contributed by atoms with van der Waals surface area (Å²) in [4.78, 5) is 22.9. The lowest BCUT2D eigenvalue weighted by atomic mass is 10.0. The summed E-state index contributed by atoms with van der Waals surface area (Å²) in [5.74, 6) is -1.44. The molecule has 5 nitrogen and oxygen atoms in total. The van der Waals surface area contributed by atoms with E-state index in [1.54, 1.807) is 0 Å². The number of carbonyl (C=O) groups excluding carboxylic acids is 1. The first kappa shape index (κ1) is 13.4. The Kier molecular flexibility index (Phi) is 3.25. The Morgan fingerprint density at radius 2 is 1.95 bits per heavy atom. The molecule has 0 unspecified atom stereocenters. The van der Waals surface area contributed by atoms with E-state index < -0.39 is 5.97 Å². The lowest BCUT2D eigenvalue weighted by Gasteiger charge is -2.16. The fraction of sp³-hybridized carbons (Fsp3) is 0.250. The highest BCUT2D eigenvalue weighted by Crippen LogP contribution is 2.38. The van der Waals surface area contributed by atoms with Gasteiger partial charge in [0, 0.05) is 11.6 Å². The molecule has 0 bridgehead atoms. The van der Waals surface area contributed by atoms with Gasteiger partial charge in [-0.15, -0.1) is 0 Å². The zero-order chi connectivity index (χ0) is 14.9. The molecule has 0 spiro atoms. The Hall–Kier alpha value is -2.56. The van der Waals surface area contributed by atoms with E-state index in [2.05, 4.69) is 5.32 Å². The maximum atomic E-state index is 12.1. The van der Waals surface area contributed by atoms with Crippen LogP contribution in [0.4, 0.5) is 0 Å². The van der Waals surface area contributed by atoms with Gasteiger partial charge in [0.2, 0.25) is 0 Å². The predicted molar refractivity (Wildman–Crippen MR) is 75.2 cm³/mol. The minimum Gasteiger partial charge on any atom is -0.478 e. The van der Waals surface area contributed by atoms with Crippen LogP contribution in [0.2, 0.25) is 0 Å². The van der Waals surface area contributed by atoms with Gasteiger partial charge in [0.15, 0.2) is 5.76 Å². The van der Waals surface area contributed by atoms with Gasteiger partial charge in [0.1, 0.15) is 6.26 Å². The van der Waals surface area contributed by atoms with Crippen molar-refractivity contribution in [1.29, 1.82) is 0 Å². The van der Waals surface area contributed by atoms with Crippen molar-refractivity contribution in [2.75, 3.05) is 0 Å². The normalized spacial score (nSPS) is 15.4. The lowest BCUT2D eigenvalue weighted by Crippen LogP contribution is -2.38. The average Bonchev–Trinajstić information content (AvgIpc) is 3.03. The molecule has 1 heterocycles. The number of rotatable bonds is 5. The van der Waals surface area contributed by atoms with Crippen LogP contribution in [-0.4, -0.2) is 22.5 Å². The van der Waals surface area contributed by atoms with Crippen LogP contribution in [0.3, 0.4) is 0 Å². The van der Waals surface area contributed by atoms with Gasteiger partial charge in [-0.1, -0.05) is 30.3 Å². The quantitative estimate of drug-likeness (QED) is 0.884. The number of carbonyl (C=O) groups is 2. The van der Waals surface area contributed by atoms with E-state index in [4.69, 9.17) is 9.52 Å². The summed E-state index contributed by atoms with van der Waals surface area (Å²) in [5.41, 5.74) is 0.920. The maximum absolute atomic E-state index is 12.1. The van der Waals surface area contributed by atoms with E-state index in [-0.39, 0.29) is 22.8 Å². The molecule has 0 aliphatic heterocycles. The Morgan fingerprint density at radius 3 is 2.52 bits per heavy atom. The van der Waals surface area contributed by atoms with Crippen LogP contribution in [0.1, 0.15) is 39.3 Å². The molecule has 1 fully saturated rings. The number of amides is 1. The van der Waals surface area contributed by atoms with Crippen molar-refractivity contribution in [3.05, 3.63) is 59.5 Å². The summed E-state index contributed by atoms with van der Waals surface area (Å²) >= 11 is 0. The van der Waals surface area contributed by atoms with E-state index in [9.17, 15) is 9.59 Å². The average molecular weight is 285 g/mol. The standard InChI is InChI=1S/C16H15NO4/c18-14(13-8-12(10-21-13)15(19)20)17-16(6-7-16)9-11-4-2-1-3-5-11/h1-5,8,10H,6-7,9H2,(H,17,18)(H,19,20). The van der Waals surface area contributed by atoms with Crippen molar-refractivity contribution in [1.82, 2.24) is 5.32 Å². The second kappa shape index (κ2) is 5.09. The smallest absolute Gasteiger partial charge is 0.338 e. The second-order valence-electron chi connectivity index (χ2n) is 5.40. The minimum absolute atomic E-state index is 0.0203. The van der Waals surface area contributed by atoms with Crippen molar-refractivity contribution in [2.24, 2.45) is 0 Å². The molecule has 1 aromatic carbocycles. The Balaban J connectivity index is 1.68. The zero-order valence-corrected chi connectivity index (χ0v) is 11.3. The number of benzene rings is 1. The van der Waals surface area contributed by atoms with Gasteiger partial charge >= 0.3 is 5.97 Å². The van der Waals surface area contributed by atoms with Crippen molar-refractivity contribution < 1.29 is 19.1 Å². The van der Waals surface area contributed by atoms with E-state index in [1.165, 1.54) is 11.6 Å². The third-order valence-corrected chi connectivity index (χ3v) is 3.69. The first-order valence-corrected chi connectivity index (χ1v) is 6.76. The van der Waals surface area contributed by atoms with Crippen LogP contribution in [0.5, 0.6) is 0 Å². The molecule has 1 aromatic heterocycles. The number of nitrogens with one attached hydrogen (secondary N) is 1. The van der Waals surface area contributed by atoms with Crippen molar-refractivity contribution in [3.8, 4) is 0 Å². The van der Waals surface area contributed by atoms with E-state index in [0.29, 0.717) is 0 Å². The molecule has 2 aromatic rings. The van der Waals surface area contributed by atoms with Gasteiger partial charge < -0.3 is 14.8 Å². The molecular formula is C16H15NO4. The highest BCUT2D eigenvalue weighted by molar-refractivity contribution is 5.96. The van der Waals surface area contributed by atoms with Crippen molar-refractivity contribution in [2.45, 2.75) is 24.8 Å². The summed E-state index contributed by atoms with van der Waals surface area (Å²) in [7, 11) is 0. The fourth-order valence-corrected chi connectivity index (χ4v) is 2.35. The topological polar surface area (TPSA) is 79.5 Å². The Bertz CT molecular complexity index is 671. The van der Waals surface area contributed by atoms with E-state index in [1.807, 2.05) is 30.3 Å². The van der Waals surface area contributed by atoms with Gasteiger partial charge in [-0.25, -0.2) is 4.79 Å². The summed E-state index contributed by atoms with van der Waals surface area (Å²) < 4.78 is 5.02. The highest BCUT2D eigenvalue weighted by Gasteiger charge is 2.44. The third kappa shape index (κ3) is 2.97. The van der Waals surface area contributed by atoms with Gasteiger partial charge in [-0.05, 0) is 24.8 Å². The predicted octanol–water partition coefficient (Wildman–Crippen LogP) is 2.48. The van der Waals surface area contributed by atoms with Gasteiger partial charge in [-0.3, -0.25) is 4.79 Å². The first-order valence-electron chi connectivity index (χ1n) is 6.76. The summed E-state index contributed by atoms with van der Waals surface area (Å²) in [6, 6.07) is 11.2. The molecule has 0 atom stereocenters. The van der Waals surface area contributed by atoms with Crippen LogP contribution in [0.15, 0.2) is 47.1 Å². The Morgan fingerprint density at radius 1 is 1.24 bits per heavy atom. The Labute approximate surface area is 121 Å². The van der Waals surface area contributed by atoms with Crippen LogP contribution in [0, 0.1) is 0 Å². The van der Waals surface area contributed by atoms with E-state index >= 15 is 0 Å². The molecule has 1 aliphatic rings. The molecule has 2 N–H and O–H groups in total. The summed E-state index contributed by atoms with van der Waals surface area (Å²) in [6.45, 7) is 0. The number of carboxylic acids is 1. The molecular weight excluding hydrogens is 270 g/mol. The molecule has 21 heavy (non-hydrogen) atoms. The molecule has 1 aliphatic carbocycles. The van der Waals surface area contributed by atoms with Crippen LogP contribution in [-0.2, 0) is 6.42 Å². The monoisotopic (exact) mass is 285 g/mol. The molecule has 5 heteroatoms. The molecule has 0 saturated heterocycles. The second-order valence-corrected chi connectivity index (χ2v) is 5.40. The largest absolute Gasteiger partial charge is 0.478 e. The zero-order valence-electron chi connectivity index (χ0n) is 11.3. The van der Waals surface area contributed by atoms with Crippen LogP contribution >= 0.6 is 0 Å². The SMILES string of the molecule is O=C(O)c1coc(C(=O)NC2(Cc3ccccc3)CC2)c1. The van der Waals surface area contributed by atoms with Crippen LogP contribution < -0.4 is 5.32 Å². The van der Waals surface area contributed by atoms with Gasteiger partial charge in [0.25, 0.3) is 5.91 Å². The number of hydrogen-bond acceptors (Lipinski definition) is 3. The highest BCUT2D eigenvalue weighted by atomic mass is 16.4. The molecule has 1 saturated carbocycles. The van der Waals surface area contributed by atoms with Crippen LogP contribution in [0.25, 0.3) is 0 Å². The first-order chi connectivity index (χ1) is 10.1. The van der Waals surface area contributed by atoms with E-state index in [0.717, 1.165) is 25.5 Å². The summed E-state index contributed by atoms with van der Waals surface area (Å²) in [6.07, 6.45) is 3.68. The van der Waals surface area contributed by atoms with Gasteiger partial charge in [-0.2, -0.15) is 0 Å². The number of carboxylic acid groups (broad SMARTS) is 1. The van der Waals surface area contributed by atoms with Crippen molar-refractivity contribution >= 4 is 11.9 Å². The van der Waals surface area contributed by atoms with Crippen molar-refractivity contribution in [3.63, 3.8) is 0 Å². The molecule has 108 valence electrons. The summed E-state index contributed by atoms with van der Waals surface area (Å²) in [5, 5.41) is 11.8. The molecule has 0 radical (unpaired) electrons. The fourth-order valence-electron chi connectivity index (χ4n) is 2.35. The minimum atomic E-state index is -1.11. The molecule has 3 rings (SSSR count). The maximum Gasteiger partial charge on any atom is 0.338 e. The molecule has 1 amide bonds.